The molecule has 2 N–H and O–H groups in total. The van der Waals surface area contributed by atoms with Gasteiger partial charge in [0, 0.05) is 4.91 Å². The predicted octanol–water partition coefficient (Wildman–Crippen LogP) is -0.288. The Balaban J connectivity index is 2.62. The van der Waals surface area contributed by atoms with Crippen molar-refractivity contribution < 1.29 is 14.8 Å². The van der Waals surface area contributed by atoms with Crippen molar-refractivity contribution in [2.24, 2.45) is 0 Å². The Kier molecular flexibility index (Phi) is 2.31. The summed E-state index contributed by atoms with van der Waals surface area (Å²) in [5.74, 6) is 1.20. The van der Waals surface area contributed by atoms with Gasteiger partial charge in [-0.1, -0.05) is 0 Å². The number of rotatable bonds is 1. The Morgan fingerprint density at radius 2 is 2.20 bits per heavy atom. The summed E-state index contributed by atoms with van der Waals surface area (Å²) in [5.41, 5.74) is 0. The third kappa shape index (κ3) is 2.02. The Morgan fingerprint density at radius 3 is 2.60 bits per heavy atom. The molecule has 10 heavy (non-hydrogen) atoms. The van der Waals surface area contributed by atoms with E-state index in [0.717, 1.165) is 11.8 Å². The Labute approximate surface area is 62.6 Å². The molecule has 0 atom stereocenters. The molecule has 0 aliphatic carbocycles. The maximum absolute atomic E-state index is 10.5. The van der Waals surface area contributed by atoms with Gasteiger partial charge in [0.15, 0.2) is 0 Å². The van der Waals surface area contributed by atoms with Gasteiger partial charge in [0.25, 0.3) is 0 Å². The average Bonchev–Trinajstić information content (AvgIpc) is 2.13. The summed E-state index contributed by atoms with van der Waals surface area (Å²) in [6.07, 6.45) is 2.94. The molecule has 0 saturated heterocycles. The summed E-state index contributed by atoms with van der Waals surface area (Å²) >= 11 is 0.985. The van der Waals surface area contributed by atoms with E-state index in [2.05, 4.69) is 0 Å². The molecule has 1 aliphatic heterocycles. The van der Waals surface area contributed by atoms with Crippen molar-refractivity contribution in [2.75, 3.05) is 0 Å². The predicted molar refractivity (Wildman–Crippen MR) is 40.0 cm³/mol. The van der Waals surface area contributed by atoms with Gasteiger partial charge in [-0.2, -0.15) is 0 Å². The summed E-state index contributed by atoms with van der Waals surface area (Å²) in [4.78, 5) is 11.1. The number of hydrogen-bond acceptors (Lipinski definition) is 4. The number of allylic oxidation sites excluding steroid dienone is 1. The van der Waals surface area contributed by atoms with Crippen LogP contribution in [0.15, 0.2) is 23.0 Å². The lowest BCUT2D eigenvalue weighted by Crippen LogP contribution is -2.06. The first-order valence-corrected chi connectivity index (χ1v) is 3.48. The maximum Gasteiger partial charge on any atom is 0.481 e. The van der Waals surface area contributed by atoms with Crippen molar-refractivity contribution in [2.45, 2.75) is 0 Å². The summed E-state index contributed by atoms with van der Waals surface area (Å²) in [6, 6.07) is 0. The number of carbonyl (C=O) groups excluding carboxylic acids is 1. The molecule has 0 amide bonds. The van der Waals surface area contributed by atoms with Gasteiger partial charge in [-0.15, -0.1) is 0 Å². The van der Waals surface area contributed by atoms with Gasteiger partial charge in [-0.05, 0) is 29.9 Å². The monoisotopic (exact) mass is 156 g/mol. The van der Waals surface area contributed by atoms with Crippen molar-refractivity contribution in [3.05, 3.63) is 23.0 Å². The minimum atomic E-state index is -1.47. The first kappa shape index (κ1) is 7.59. The van der Waals surface area contributed by atoms with Gasteiger partial charge in [0.2, 0.25) is 5.12 Å². The summed E-state index contributed by atoms with van der Waals surface area (Å²) < 4.78 is 0. The smallest absolute Gasteiger partial charge is 0.424 e. The van der Waals surface area contributed by atoms with Crippen LogP contribution in [-0.4, -0.2) is 22.3 Å². The molecule has 5 heteroatoms. The second-order valence-electron chi connectivity index (χ2n) is 1.74. The largest absolute Gasteiger partial charge is 0.481 e. The molecule has 52 valence electrons. The van der Waals surface area contributed by atoms with Crippen LogP contribution < -0.4 is 0 Å². The molecule has 0 radical (unpaired) electrons. The summed E-state index contributed by atoms with van der Waals surface area (Å²) in [5, 5.41) is 16.8. The van der Waals surface area contributed by atoms with E-state index < -0.39 is 7.12 Å². The second-order valence-corrected chi connectivity index (χ2v) is 2.81. The molecule has 1 heterocycles. The quantitative estimate of drug-likeness (QED) is 0.512. The van der Waals surface area contributed by atoms with E-state index in [4.69, 9.17) is 10.0 Å². The van der Waals surface area contributed by atoms with Crippen LogP contribution in [-0.2, 0) is 4.79 Å². The van der Waals surface area contributed by atoms with Crippen LogP contribution in [0, 0.1) is 0 Å². The Bertz CT molecular complexity index is 209. The lowest BCUT2D eigenvalue weighted by Gasteiger charge is -1.89. The first-order valence-electron chi connectivity index (χ1n) is 2.66. The highest BCUT2D eigenvalue weighted by atomic mass is 32.2. The molecule has 0 aromatic carbocycles. The number of thioether (sulfide) groups is 1. The van der Waals surface area contributed by atoms with Gasteiger partial charge in [0.1, 0.15) is 0 Å². The van der Waals surface area contributed by atoms with Crippen molar-refractivity contribution in [3.63, 3.8) is 0 Å². The van der Waals surface area contributed by atoms with Crippen LogP contribution >= 0.6 is 11.8 Å². The van der Waals surface area contributed by atoms with Gasteiger partial charge in [0.05, 0.1) is 0 Å². The van der Waals surface area contributed by atoms with Crippen LogP contribution in [0.3, 0.4) is 0 Å². The standard InChI is InChI=1S/C5H5BO3S/c7-5-2-1-4(10-5)3-6(8)9/h1-3,8-9H/b4-3+. The van der Waals surface area contributed by atoms with Crippen molar-refractivity contribution >= 4 is 24.0 Å². The van der Waals surface area contributed by atoms with E-state index in [0.29, 0.717) is 4.91 Å². The molecule has 0 saturated carbocycles. The van der Waals surface area contributed by atoms with Gasteiger partial charge in [-0.25, -0.2) is 0 Å². The fourth-order valence-corrected chi connectivity index (χ4v) is 1.27. The van der Waals surface area contributed by atoms with Gasteiger partial charge < -0.3 is 10.0 Å². The second kappa shape index (κ2) is 3.05. The molecule has 0 spiro atoms. The average molecular weight is 156 g/mol. The minimum absolute atomic E-state index is 0.0769. The third-order valence-electron chi connectivity index (χ3n) is 0.915. The number of hydrogen-bond donors (Lipinski definition) is 2. The molecule has 3 nitrogen and oxygen atoms in total. The van der Waals surface area contributed by atoms with Crippen LogP contribution in [0.1, 0.15) is 0 Å². The van der Waals surface area contributed by atoms with Crippen molar-refractivity contribution in [1.29, 1.82) is 0 Å². The SMILES string of the molecule is O=C1C=C/C(=C\B(O)O)S1. The fraction of sp³-hybridized carbons (Fsp3) is 0. The molecular weight excluding hydrogens is 151 g/mol. The van der Waals surface area contributed by atoms with E-state index in [1.807, 2.05) is 0 Å². The maximum atomic E-state index is 10.5. The molecule has 0 aromatic rings. The van der Waals surface area contributed by atoms with E-state index >= 15 is 0 Å². The van der Waals surface area contributed by atoms with E-state index in [-0.39, 0.29) is 5.12 Å². The van der Waals surface area contributed by atoms with Gasteiger partial charge in [-0.3, -0.25) is 4.79 Å². The van der Waals surface area contributed by atoms with E-state index in [9.17, 15) is 4.79 Å². The topological polar surface area (TPSA) is 57.5 Å². The first-order chi connectivity index (χ1) is 4.68. The lowest BCUT2D eigenvalue weighted by molar-refractivity contribution is -0.106. The normalized spacial score (nSPS) is 20.6. The number of carbonyl (C=O) groups is 1. The zero-order valence-electron chi connectivity index (χ0n) is 5.02. The highest BCUT2D eigenvalue weighted by Crippen LogP contribution is 2.24. The summed E-state index contributed by atoms with van der Waals surface area (Å²) in [6.45, 7) is 0. The minimum Gasteiger partial charge on any atom is -0.424 e. The van der Waals surface area contributed by atoms with Crippen LogP contribution in [0.4, 0.5) is 0 Å². The van der Waals surface area contributed by atoms with Crippen LogP contribution in [0.25, 0.3) is 0 Å². The van der Waals surface area contributed by atoms with Crippen molar-refractivity contribution in [1.82, 2.24) is 0 Å². The fourth-order valence-electron chi connectivity index (χ4n) is 0.571. The van der Waals surface area contributed by atoms with E-state index in [1.54, 1.807) is 6.08 Å². The zero-order chi connectivity index (χ0) is 7.56. The Morgan fingerprint density at radius 1 is 1.50 bits per heavy atom. The third-order valence-corrected chi connectivity index (χ3v) is 1.76. The molecular formula is C5H5BO3S. The molecule has 0 fully saturated rings. The van der Waals surface area contributed by atoms with E-state index in [1.165, 1.54) is 12.1 Å². The lowest BCUT2D eigenvalue weighted by atomic mass is 9.92. The van der Waals surface area contributed by atoms with Gasteiger partial charge >= 0.3 is 7.12 Å². The van der Waals surface area contributed by atoms with Crippen LogP contribution in [0.2, 0.25) is 0 Å². The molecule has 1 aliphatic rings. The highest BCUT2D eigenvalue weighted by Gasteiger charge is 2.11. The molecule has 0 bridgehead atoms. The van der Waals surface area contributed by atoms with Crippen LogP contribution in [0.5, 0.6) is 0 Å². The summed E-state index contributed by atoms with van der Waals surface area (Å²) in [7, 11) is -1.47. The molecule has 0 aromatic heterocycles. The zero-order valence-corrected chi connectivity index (χ0v) is 5.84. The molecule has 1 rings (SSSR count). The Hall–Kier alpha value is -0.515. The molecule has 0 unspecified atom stereocenters. The highest BCUT2D eigenvalue weighted by molar-refractivity contribution is 8.17. The van der Waals surface area contributed by atoms with Crippen molar-refractivity contribution in [3.8, 4) is 0 Å².